The first-order chi connectivity index (χ1) is 38.0. The largest absolute Gasteiger partial charge is 2.00 e. The number of aromatic nitrogens is 8. The van der Waals surface area contributed by atoms with E-state index in [1.165, 1.54) is 12.1 Å². The van der Waals surface area contributed by atoms with Crippen molar-refractivity contribution in [2.24, 2.45) is 0 Å². The molecule has 0 aliphatic carbocycles. The molecule has 392 valence electrons. The Labute approximate surface area is 460 Å². The number of ether oxygens (including phenoxy) is 7. The standard InChI is InChI=1S/C57H55N11O9.Zn/c69-57(70)35-10-12-36(13-11-35)77-37-14-15-38-42(34-37)53-58-49(38)60-54-46-39(4-1-7-43(46)74-31-22-66-16-25-71-26-17-66)50(61-54)59-51-40-5-2-8-44(75-32-23-67-18-27-72-28-19-67)47(40)55(62-51)63-52-41-6-3-9-45(48(41)56(64-52)65-53)76-33-24-68-20-29-73-30-21-68;/h1-15,34H,16-33H2,(H,69,70)(H2,58,59,60,61,62,63,64,65);/q;+2. The van der Waals surface area contributed by atoms with E-state index in [1.54, 1.807) is 12.1 Å². The van der Waals surface area contributed by atoms with Crippen LogP contribution in [0.2, 0.25) is 0 Å². The molecule has 3 N–H and O–H groups in total. The second-order valence-electron chi connectivity index (χ2n) is 19.2. The third-order valence-electron chi connectivity index (χ3n) is 14.4. The topological polar surface area (TPSA) is 221 Å². The van der Waals surface area contributed by atoms with Crippen LogP contribution in [0.5, 0.6) is 28.7 Å². The van der Waals surface area contributed by atoms with Crippen LogP contribution in [0.3, 0.4) is 0 Å². The van der Waals surface area contributed by atoms with Crippen molar-refractivity contribution in [2.45, 2.75) is 0 Å². The number of fused-ring (bicyclic) bond motifs is 20. The second kappa shape index (κ2) is 22.8. The van der Waals surface area contributed by atoms with E-state index in [2.05, 4.69) is 24.7 Å². The molecule has 5 aliphatic heterocycles. The van der Waals surface area contributed by atoms with Crippen molar-refractivity contribution in [2.75, 3.05) is 118 Å². The van der Waals surface area contributed by atoms with Crippen LogP contribution in [-0.4, -0.2) is 184 Å². The number of nitrogens with one attached hydrogen (secondary N) is 2. The summed E-state index contributed by atoms with van der Waals surface area (Å²) in [6.45, 7) is 12.7. The maximum atomic E-state index is 11.7. The molecule has 0 radical (unpaired) electrons. The maximum Gasteiger partial charge on any atom is 2.00 e. The molecule has 78 heavy (non-hydrogen) atoms. The van der Waals surface area contributed by atoms with Gasteiger partial charge in [0, 0.05) is 86.4 Å². The van der Waals surface area contributed by atoms with Gasteiger partial charge in [0.05, 0.1) is 61.5 Å². The molecule has 5 aromatic carbocycles. The van der Waals surface area contributed by atoms with Gasteiger partial charge in [-0.05, 0) is 60.7 Å². The fraction of sp³-hybridized carbons (Fsp3) is 0.316. The van der Waals surface area contributed by atoms with Crippen LogP contribution in [0.4, 0.5) is 0 Å². The first-order valence-corrected chi connectivity index (χ1v) is 26.1. The molecule has 0 amide bonds. The molecule has 20 nitrogen and oxygen atoms in total. The number of rotatable bonds is 15. The van der Waals surface area contributed by atoms with Gasteiger partial charge in [-0.1, -0.05) is 36.4 Å². The fourth-order valence-electron chi connectivity index (χ4n) is 10.4. The van der Waals surface area contributed by atoms with Crippen LogP contribution < -0.4 is 18.9 Å². The van der Waals surface area contributed by atoms with Crippen molar-refractivity contribution in [3.05, 3.63) is 103 Å². The van der Waals surface area contributed by atoms with Gasteiger partial charge in [-0.2, -0.15) is 0 Å². The van der Waals surface area contributed by atoms with Crippen LogP contribution in [0, 0.1) is 0 Å². The summed E-state index contributed by atoms with van der Waals surface area (Å²) in [4.78, 5) is 57.6. The zero-order valence-electron chi connectivity index (χ0n) is 42.9. The van der Waals surface area contributed by atoms with E-state index in [-0.39, 0.29) is 25.0 Å². The molecule has 0 atom stereocenters. The molecule has 3 saturated heterocycles. The molecule has 3 aromatic heterocycles. The summed E-state index contributed by atoms with van der Waals surface area (Å²) in [7, 11) is 0. The molecular formula is C57H55N11O9Zn+2. The van der Waals surface area contributed by atoms with Crippen molar-refractivity contribution in [1.29, 1.82) is 0 Å². The molecule has 0 unspecified atom stereocenters. The van der Waals surface area contributed by atoms with E-state index in [9.17, 15) is 9.90 Å². The molecule has 8 heterocycles. The Morgan fingerprint density at radius 3 is 1.49 bits per heavy atom. The van der Waals surface area contributed by atoms with Gasteiger partial charge < -0.3 is 48.2 Å². The van der Waals surface area contributed by atoms with Crippen molar-refractivity contribution < 1.29 is 62.5 Å². The minimum atomic E-state index is -1.03. The van der Waals surface area contributed by atoms with Gasteiger partial charge in [0.1, 0.15) is 71.2 Å². The minimum absolute atomic E-state index is 0. The summed E-state index contributed by atoms with van der Waals surface area (Å²) in [5.74, 6) is 3.26. The Bertz CT molecular complexity index is 3690. The summed E-state index contributed by atoms with van der Waals surface area (Å²) in [6.07, 6.45) is 0. The SMILES string of the molecule is O=C(O)c1ccc(Oc2ccc3c(c2)-c2nc-3nc3[nH]c(nc4[nH]c(nc5nc(n2)-c2c(OCCN6CCOCC6)cccc2-5)c2c(OCCN5CCOCC5)cccc42)c2cccc(OCCN4CCOCC4)c32)cc1.[Zn+2]. The van der Waals surface area contributed by atoms with Gasteiger partial charge in [-0.25, -0.2) is 34.7 Å². The Morgan fingerprint density at radius 1 is 0.487 bits per heavy atom. The predicted octanol–water partition coefficient (Wildman–Crippen LogP) is 7.49. The minimum Gasteiger partial charge on any atom is -0.491 e. The number of hydrogen-bond donors (Lipinski definition) is 3. The number of aromatic carboxylic acids is 1. The van der Waals surface area contributed by atoms with Gasteiger partial charge in [-0.3, -0.25) is 14.7 Å². The number of H-pyrrole nitrogens is 2. The predicted molar refractivity (Wildman–Crippen MR) is 288 cm³/mol. The quantitative estimate of drug-likeness (QED) is 0.0847. The fourth-order valence-corrected chi connectivity index (χ4v) is 10.4. The first-order valence-electron chi connectivity index (χ1n) is 26.1. The summed E-state index contributed by atoms with van der Waals surface area (Å²) < 4.78 is 43.1. The summed E-state index contributed by atoms with van der Waals surface area (Å²) in [5, 5.41) is 12.6. The van der Waals surface area contributed by atoms with Gasteiger partial charge in [0.2, 0.25) is 0 Å². The van der Waals surface area contributed by atoms with Gasteiger partial charge in [0.15, 0.2) is 23.3 Å². The number of carbonyl (C=O) groups is 1. The van der Waals surface area contributed by atoms with E-state index in [0.717, 1.165) is 79.5 Å². The number of nitrogens with zero attached hydrogens (tertiary/aromatic N) is 9. The maximum absolute atomic E-state index is 11.7. The van der Waals surface area contributed by atoms with Crippen molar-refractivity contribution in [1.82, 2.24) is 54.6 Å². The van der Waals surface area contributed by atoms with Crippen molar-refractivity contribution in [3.8, 4) is 74.3 Å². The Hall–Kier alpha value is -7.49. The molecule has 3 fully saturated rings. The number of morpholine rings is 3. The van der Waals surface area contributed by atoms with E-state index >= 15 is 0 Å². The summed E-state index contributed by atoms with van der Waals surface area (Å²) in [5.41, 5.74) is 4.95. The van der Waals surface area contributed by atoms with Gasteiger partial charge >= 0.3 is 25.4 Å². The Balaban J connectivity index is 0.00000609. The smallest absolute Gasteiger partial charge is 0.491 e. The molecule has 0 saturated carbocycles. The summed E-state index contributed by atoms with van der Waals surface area (Å²) in [6, 6.07) is 29.6. The molecule has 13 rings (SSSR count). The Kier molecular flexibility index (Phi) is 15.0. The molecule has 8 aromatic rings. The first kappa shape index (κ1) is 51.3. The number of hydrogen-bond acceptors (Lipinski definition) is 17. The van der Waals surface area contributed by atoms with Gasteiger partial charge in [-0.15, -0.1) is 0 Å². The number of benzene rings is 5. The Morgan fingerprint density at radius 2 is 0.949 bits per heavy atom. The molecule has 5 aliphatic rings. The number of carboxylic acid groups (broad SMARTS) is 1. The zero-order valence-corrected chi connectivity index (χ0v) is 45.9. The van der Waals surface area contributed by atoms with E-state index < -0.39 is 5.97 Å². The average Bonchev–Trinajstić information content (AvgIpc) is 4.22. The van der Waals surface area contributed by atoms with E-state index in [0.29, 0.717) is 157 Å². The second-order valence-corrected chi connectivity index (χ2v) is 19.2. The number of aromatic amines is 2. The number of carboxylic acids is 1. The van der Waals surface area contributed by atoms with Crippen LogP contribution in [-0.2, 0) is 33.7 Å². The third-order valence-corrected chi connectivity index (χ3v) is 14.4. The average molecular weight is 1100 g/mol. The van der Waals surface area contributed by atoms with Crippen LogP contribution in [0.25, 0.3) is 89.7 Å². The van der Waals surface area contributed by atoms with Crippen LogP contribution in [0.15, 0.2) is 97.1 Å². The zero-order chi connectivity index (χ0) is 51.7. The monoisotopic (exact) mass is 1100 g/mol. The normalized spacial score (nSPS) is 15.8. The van der Waals surface area contributed by atoms with Crippen LogP contribution >= 0.6 is 0 Å². The third kappa shape index (κ3) is 10.6. The van der Waals surface area contributed by atoms with Crippen molar-refractivity contribution in [3.63, 3.8) is 0 Å². The molecule has 21 heteroatoms. The molecule has 8 bridgehead atoms. The molecule has 0 spiro atoms. The molecular weight excluding hydrogens is 1050 g/mol. The van der Waals surface area contributed by atoms with Crippen molar-refractivity contribution >= 4 is 50.1 Å². The van der Waals surface area contributed by atoms with Gasteiger partial charge in [0.25, 0.3) is 0 Å². The summed E-state index contributed by atoms with van der Waals surface area (Å²) >= 11 is 0. The van der Waals surface area contributed by atoms with E-state index in [1.807, 2.05) is 72.8 Å². The van der Waals surface area contributed by atoms with Crippen LogP contribution in [0.1, 0.15) is 10.4 Å². The van der Waals surface area contributed by atoms with E-state index in [4.69, 9.17) is 63.1 Å².